The molecule has 19 heavy (non-hydrogen) atoms. The molecule has 0 spiro atoms. The minimum atomic E-state index is -3.85. The van der Waals surface area contributed by atoms with E-state index in [0.717, 1.165) is 4.31 Å². The Labute approximate surface area is 111 Å². The molecule has 0 saturated carbocycles. The summed E-state index contributed by atoms with van der Waals surface area (Å²) in [6.45, 7) is 3.37. The van der Waals surface area contributed by atoms with Crippen molar-refractivity contribution in [2.24, 2.45) is 0 Å². The predicted molar refractivity (Wildman–Crippen MR) is 70.5 cm³/mol. The van der Waals surface area contributed by atoms with Gasteiger partial charge in [0.1, 0.15) is 5.56 Å². The van der Waals surface area contributed by atoms with Gasteiger partial charge in [-0.15, -0.1) is 0 Å². The maximum atomic E-state index is 11.9. The van der Waals surface area contributed by atoms with Gasteiger partial charge in [0.05, 0.1) is 5.69 Å². The molecular formula is C11H16N2O5S. The fraction of sp³-hybridized carbons (Fsp3) is 0.364. The number of nitrogens with one attached hydrogen (secondary N) is 1. The molecule has 1 aromatic rings. The van der Waals surface area contributed by atoms with Crippen LogP contribution in [0.2, 0.25) is 0 Å². The van der Waals surface area contributed by atoms with E-state index in [1.54, 1.807) is 13.8 Å². The number of carboxylic acid groups (broad SMARTS) is 1. The van der Waals surface area contributed by atoms with Crippen LogP contribution in [0.25, 0.3) is 0 Å². The van der Waals surface area contributed by atoms with Gasteiger partial charge in [0.2, 0.25) is 0 Å². The lowest BCUT2D eigenvalue weighted by Crippen LogP contribution is -2.37. The number of hydrogen-bond donors (Lipinski definition) is 3. The Morgan fingerprint density at radius 2 is 1.95 bits per heavy atom. The van der Waals surface area contributed by atoms with Gasteiger partial charge < -0.3 is 10.2 Å². The lowest BCUT2D eigenvalue weighted by molar-refractivity contribution is 0.0694. The number of hydrogen-bond acceptors (Lipinski definition) is 4. The predicted octanol–water partition coefficient (Wildman–Crippen LogP) is 1.09. The van der Waals surface area contributed by atoms with E-state index in [9.17, 15) is 18.3 Å². The Morgan fingerprint density at radius 3 is 2.42 bits per heavy atom. The number of carbonyl (C=O) groups is 1. The SMILES string of the molecule is CC(C)N(C)S(=O)(=O)Nc1cccc(C(=O)O)c1O. The van der Waals surface area contributed by atoms with E-state index in [1.807, 2.05) is 0 Å². The third kappa shape index (κ3) is 3.36. The van der Waals surface area contributed by atoms with E-state index in [-0.39, 0.29) is 17.3 Å². The van der Waals surface area contributed by atoms with Gasteiger partial charge in [-0.2, -0.15) is 12.7 Å². The third-order valence-corrected chi connectivity index (χ3v) is 4.27. The number of benzene rings is 1. The summed E-state index contributed by atoms with van der Waals surface area (Å²) in [5, 5.41) is 18.6. The molecule has 0 fully saturated rings. The highest BCUT2D eigenvalue weighted by Gasteiger charge is 2.23. The number of aromatic hydroxyl groups is 1. The maximum absolute atomic E-state index is 11.9. The molecule has 1 rings (SSSR count). The molecule has 0 aromatic heterocycles. The van der Waals surface area contributed by atoms with E-state index < -0.39 is 21.9 Å². The first-order chi connectivity index (χ1) is 8.66. The second-order valence-electron chi connectivity index (χ2n) is 4.22. The van der Waals surface area contributed by atoms with Crippen LogP contribution in [-0.2, 0) is 10.2 Å². The number of aromatic carboxylic acids is 1. The van der Waals surface area contributed by atoms with Crippen LogP contribution in [0.5, 0.6) is 5.75 Å². The summed E-state index contributed by atoms with van der Waals surface area (Å²) in [7, 11) is -2.47. The van der Waals surface area contributed by atoms with Crippen molar-refractivity contribution in [1.82, 2.24) is 4.31 Å². The molecule has 0 radical (unpaired) electrons. The van der Waals surface area contributed by atoms with Gasteiger partial charge in [-0.3, -0.25) is 4.72 Å². The number of carboxylic acids is 1. The molecule has 106 valence electrons. The van der Waals surface area contributed by atoms with E-state index in [0.29, 0.717) is 0 Å². The van der Waals surface area contributed by atoms with Crippen molar-refractivity contribution in [2.75, 3.05) is 11.8 Å². The van der Waals surface area contributed by atoms with Crippen LogP contribution in [0.3, 0.4) is 0 Å². The molecule has 0 heterocycles. The highest BCUT2D eigenvalue weighted by molar-refractivity contribution is 7.90. The van der Waals surface area contributed by atoms with Crippen molar-refractivity contribution in [2.45, 2.75) is 19.9 Å². The lowest BCUT2D eigenvalue weighted by Gasteiger charge is -2.22. The molecule has 7 nitrogen and oxygen atoms in total. The molecule has 0 amide bonds. The number of anilines is 1. The van der Waals surface area contributed by atoms with Crippen LogP contribution in [-0.4, -0.2) is 42.0 Å². The van der Waals surface area contributed by atoms with Crippen LogP contribution >= 0.6 is 0 Å². The van der Waals surface area contributed by atoms with Gasteiger partial charge in [0.25, 0.3) is 0 Å². The van der Waals surface area contributed by atoms with Crippen molar-refractivity contribution in [3.8, 4) is 5.75 Å². The highest BCUT2D eigenvalue weighted by atomic mass is 32.2. The van der Waals surface area contributed by atoms with Crippen molar-refractivity contribution in [1.29, 1.82) is 0 Å². The zero-order valence-electron chi connectivity index (χ0n) is 10.8. The average Bonchev–Trinajstić information content (AvgIpc) is 2.30. The molecule has 0 atom stereocenters. The summed E-state index contributed by atoms with van der Waals surface area (Å²) in [5.41, 5.74) is -0.542. The summed E-state index contributed by atoms with van der Waals surface area (Å²) in [5.74, 6) is -1.95. The largest absolute Gasteiger partial charge is 0.505 e. The van der Waals surface area contributed by atoms with Crippen LogP contribution in [0, 0.1) is 0 Å². The zero-order chi connectivity index (χ0) is 14.8. The normalized spacial score (nSPS) is 11.8. The molecule has 0 aliphatic rings. The smallest absolute Gasteiger partial charge is 0.339 e. The standard InChI is InChI=1S/C11H16N2O5S/c1-7(2)13(3)19(17,18)12-9-6-4-5-8(10(9)14)11(15)16/h4-7,12,14H,1-3H3,(H,15,16). The second kappa shape index (κ2) is 5.45. The Hall–Kier alpha value is -1.80. The summed E-state index contributed by atoms with van der Waals surface area (Å²) >= 11 is 0. The number of phenols is 1. The quantitative estimate of drug-likeness (QED) is 0.703. The molecule has 0 aliphatic heterocycles. The molecule has 0 bridgehead atoms. The summed E-state index contributed by atoms with van der Waals surface area (Å²) in [6.07, 6.45) is 0. The van der Waals surface area contributed by atoms with Gasteiger partial charge in [-0.1, -0.05) is 6.07 Å². The van der Waals surface area contributed by atoms with Gasteiger partial charge in [0, 0.05) is 13.1 Å². The van der Waals surface area contributed by atoms with Gasteiger partial charge in [-0.25, -0.2) is 4.79 Å². The number of rotatable bonds is 5. The van der Waals surface area contributed by atoms with E-state index >= 15 is 0 Å². The summed E-state index contributed by atoms with van der Waals surface area (Å²) in [6, 6.07) is 3.54. The first-order valence-electron chi connectivity index (χ1n) is 5.48. The van der Waals surface area contributed by atoms with E-state index in [4.69, 9.17) is 5.11 Å². The van der Waals surface area contributed by atoms with Crippen molar-refractivity contribution < 1.29 is 23.4 Å². The maximum Gasteiger partial charge on any atom is 0.339 e. The fourth-order valence-electron chi connectivity index (χ4n) is 1.29. The van der Waals surface area contributed by atoms with E-state index in [1.165, 1.54) is 25.2 Å². The monoisotopic (exact) mass is 288 g/mol. The Bertz CT molecular complexity index is 583. The highest BCUT2D eigenvalue weighted by Crippen LogP contribution is 2.28. The Morgan fingerprint density at radius 1 is 1.37 bits per heavy atom. The third-order valence-electron chi connectivity index (χ3n) is 2.61. The van der Waals surface area contributed by atoms with Crippen LogP contribution in [0.1, 0.15) is 24.2 Å². The minimum absolute atomic E-state index is 0.174. The Kier molecular flexibility index (Phi) is 4.38. The molecule has 0 aliphatic carbocycles. The van der Waals surface area contributed by atoms with Gasteiger partial charge in [0.15, 0.2) is 5.75 Å². The number of para-hydroxylation sites is 1. The average molecular weight is 288 g/mol. The van der Waals surface area contributed by atoms with Crippen LogP contribution in [0.15, 0.2) is 18.2 Å². The van der Waals surface area contributed by atoms with Crippen LogP contribution in [0.4, 0.5) is 5.69 Å². The molecule has 0 saturated heterocycles. The molecule has 8 heteroatoms. The topological polar surface area (TPSA) is 107 Å². The number of nitrogens with zero attached hydrogens (tertiary/aromatic N) is 1. The van der Waals surface area contributed by atoms with Gasteiger partial charge in [-0.05, 0) is 26.0 Å². The molecule has 3 N–H and O–H groups in total. The van der Waals surface area contributed by atoms with Gasteiger partial charge >= 0.3 is 16.2 Å². The van der Waals surface area contributed by atoms with Crippen molar-refractivity contribution >= 4 is 21.9 Å². The fourth-order valence-corrected chi connectivity index (χ4v) is 2.43. The first kappa shape index (κ1) is 15.3. The second-order valence-corrected chi connectivity index (χ2v) is 5.95. The molecule has 0 unspecified atom stereocenters. The van der Waals surface area contributed by atoms with Crippen LogP contribution < -0.4 is 4.72 Å². The van der Waals surface area contributed by atoms with E-state index in [2.05, 4.69) is 4.72 Å². The lowest BCUT2D eigenvalue weighted by atomic mass is 10.2. The molecule has 1 aromatic carbocycles. The summed E-state index contributed by atoms with van der Waals surface area (Å²) < 4.78 is 27.1. The Balaban J connectivity index is 3.14. The molecular weight excluding hydrogens is 272 g/mol. The summed E-state index contributed by atoms with van der Waals surface area (Å²) in [4.78, 5) is 10.8. The first-order valence-corrected chi connectivity index (χ1v) is 6.92. The van der Waals surface area contributed by atoms with Crippen molar-refractivity contribution in [3.63, 3.8) is 0 Å². The minimum Gasteiger partial charge on any atom is -0.505 e. The van der Waals surface area contributed by atoms with Crippen molar-refractivity contribution in [3.05, 3.63) is 23.8 Å². The zero-order valence-corrected chi connectivity index (χ0v) is 11.6.